The van der Waals surface area contributed by atoms with Crippen molar-refractivity contribution in [1.29, 1.82) is 10.5 Å². The van der Waals surface area contributed by atoms with Gasteiger partial charge >= 0.3 is 6.01 Å². The third kappa shape index (κ3) is 4.03. The Bertz CT molecular complexity index is 1330. The Morgan fingerprint density at radius 1 is 1.32 bits per heavy atom. The van der Waals surface area contributed by atoms with Gasteiger partial charge in [-0.3, -0.25) is 4.90 Å². The van der Waals surface area contributed by atoms with Gasteiger partial charge in [0, 0.05) is 55.3 Å². The molecule has 6 heterocycles. The Kier molecular flexibility index (Phi) is 6.29. The number of anilines is 3. The van der Waals surface area contributed by atoms with E-state index in [-0.39, 0.29) is 22.3 Å². The predicted molar refractivity (Wildman–Crippen MR) is 145 cm³/mol. The molecule has 3 fully saturated rings. The Hall–Kier alpha value is -2.87. The summed E-state index contributed by atoms with van der Waals surface area (Å²) in [5.74, 6) is 1.78. The maximum atomic E-state index is 14.3. The van der Waals surface area contributed by atoms with Gasteiger partial charge in [0.25, 0.3) is 0 Å². The van der Waals surface area contributed by atoms with E-state index in [9.17, 15) is 14.9 Å². The molecule has 3 saturated heterocycles. The molecule has 4 aliphatic heterocycles. The van der Waals surface area contributed by atoms with Crippen molar-refractivity contribution < 1.29 is 9.13 Å². The summed E-state index contributed by atoms with van der Waals surface area (Å²) in [6, 6.07) is 4.62. The SMILES string of the molecule is CC(CC#N)N(C)c1nc(OC[C@@]23CCCN2C[C@H](F)C3)nc(N2CC3(C2)SCc2sc(N)c(C#N)c23)n1. The monoisotopic (exact) mass is 555 g/mol. The second-order valence-electron chi connectivity index (χ2n) is 10.8. The van der Waals surface area contributed by atoms with Crippen LogP contribution >= 0.6 is 23.1 Å². The third-order valence-electron chi connectivity index (χ3n) is 8.42. The molecule has 3 atom stereocenters. The Morgan fingerprint density at radius 2 is 2.13 bits per heavy atom. The summed E-state index contributed by atoms with van der Waals surface area (Å²) < 4.78 is 20.3. The first-order valence-electron chi connectivity index (χ1n) is 12.9. The van der Waals surface area contributed by atoms with Crippen molar-refractivity contribution in [3.63, 3.8) is 0 Å². The van der Waals surface area contributed by atoms with Crippen molar-refractivity contribution in [2.75, 3.05) is 55.4 Å². The molecular formula is C25H30FN9OS2. The third-order valence-corrected chi connectivity index (χ3v) is 11.1. The highest BCUT2D eigenvalue weighted by Gasteiger charge is 2.53. The number of rotatable bonds is 7. The van der Waals surface area contributed by atoms with Crippen molar-refractivity contribution in [3.8, 4) is 18.1 Å². The molecule has 0 aliphatic carbocycles. The van der Waals surface area contributed by atoms with Crippen molar-refractivity contribution in [1.82, 2.24) is 19.9 Å². The van der Waals surface area contributed by atoms with Crippen LogP contribution in [-0.4, -0.2) is 77.4 Å². The molecule has 6 rings (SSSR count). The molecule has 0 saturated carbocycles. The van der Waals surface area contributed by atoms with E-state index in [2.05, 4.69) is 31.9 Å². The number of alkyl halides is 1. The summed E-state index contributed by atoms with van der Waals surface area (Å²) in [6.45, 7) is 4.92. The van der Waals surface area contributed by atoms with Crippen LogP contribution in [0.5, 0.6) is 6.01 Å². The van der Waals surface area contributed by atoms with E-state index in [0.717, 1.165) is 30.7 Å². The number of aromatic nitrogens is 3. The van der Waals surface area contributed by atoms with E-state index in [0.29, 0.717) is 61.5 Å². The van der Waals surface area contributed by atoms with Crippen molar-refractivity contribution in [2.24, 2.45) is 0 Å². The van der Waals surface area contributed by atoms with Gasteiger partial charge in [-0.05, 0) is 26.3 Å². The molecule has 2 aromatic heterocycles. The first-order chi connectivity index (χ1) is 18.3. The van der Waals surface area contributed by atoms with Gasteiger partial charge in [-0.2, -0.15) is 25.5 Å². The van der Waals surface area contributed by atoms with Gasteiger partial charge in [0.05, 0.1) is 28.3 Å². The number of halogens is 1. The maximum absolute atomic E-state index is 14.3. The van der Waals surface area contributed by atoms with E-state index in [4.69, 9.17) is 15.5 Å². The highest BCUT2D eigenvalue weighted by molar-refractivity contribution is 8.00. The van der Waals surface area contributed by atoms with E-state index in [1.54, 1.807) is 0 Å². The molecular weight excluding hydrogens is 525 g/mol. The fourth-order valence-corrected chi connectivity index (χ4v) is 9.05. The molecule has 2 N–H and O–H groups in total. The molecule has 13 heteroatoms. The lowest BCUT2D eigenvalue weighted by molar-refractivity contribution is 0.107. The van der Waals surface area contributed by atoms with Gasteiger partial charge in [-0.15, -0.1) is 23.1 Å². The number of ether oxygens (including phenoxy) is 1. The van der Waals surface area contributed by atoms with Gasteiger partial charge in [0.1, 0.15) is 23.8 Å². The lowest BCUT2D eigenvalue weighted by atomic mass is 9.88. The summed E-state index contributed by atoms with van der Waals surface area (Å²) >= 11 is 3.35. The Balaban J connectivity index is 1.27. The molecule has 1 unspecified atom stereocenters. The minimum atomic E-state index is -0.836. The molecule has 1 spiro atoms. The zero-order valence-electron chi connectivity index (χ0n) is 21.5. The van der Waals surface area contributed by atoms with Crippen molar-refractivity contribution in [3.05, 3.63) is 16.0 Å². The number of thiophene rings is 1. The average molecular weight is 556 g/mol. The summed E-state index contributed by atoms with van der Waals surface area (Å²) in [5, 5.41) is 19.5. The minimum Gasteiger partial charge on any atom is -0.461 e. The Labute approximate surface area is 229 Å². The maximum Gasteiger partial charge on any atom is 0.323 e. The van der Waals surface area contributed by atoms with Crippen LogP contribution in [0.1, 0.15) is 48.6 Å². The normalized spacial score (nSPS) is 25.9. The standard InChI is InChI=1S/C25H30FN9OS2/c1-15(4-6-27)33(2)21-30-22(32-23(31-21)36-14-24-5-3-7-35(24)10-16(26)8-24)34-12-25(13-34)19-17(9-28)20(29)38-18(19)11-37-25/h15-16H,3-5,7-8,10-14,29H2,1-2H3/t15?,16-,24+/m1/s1. The van der Waals surface area contributed by atoms with Crippen LogP contribution < -0.4 is 20.3 Å². The molecule has 10 nitrogen and oxygen atoms in total. The van der Waals surface area contributed by atoms with Gasteiger partial charge in [-0.1, -0.05) is 0 Å². The number of hydrogen-bond acceptors (Lipinski definition) is 12. The molecule has 0 amide bonds. The number of nitriles is 2. The van der Waals surface area contributed by atoms with Gasteiger partial charge in [0.15, 0.2) is 0 Å². The topological polar surface area (TPSA) is 131 Å². The number of fused-ring (bicyclic) bond motifs is 3. The quantitative estimate of drug-likeness (QED) is 0.541. The fraction of sp³-hybridized carbons (Fsp3) is 0.640. The van der Waals surface area contributed by atoms with Gasteiger partial charge in [0.2, 0.25) is 11.9 Å². The number of nitrogens with two attached hydrogens (primary N) is 1. The highest BCUT2D eigenvalue weighted by Crippen LogP contribution is 2.57. The van der Waals surface area contributed by atoms with E-state index < -0.39 is 6.17 Å². The molecule has 4 aliphatic rings. The van der Waals surface area contributed by atoms with Crippen molar-refractivity contribution >= 4 is 40.0 Å². The van der Waals surface area contributed by atoms with Crippen LogP contribution in [0.15, 0.2) is 0 Å². The Morgan fingerprint density at radius 3 is 2.89 bits per heavy atom. The van der Waals surface area contributed by atoms with E-state index in [1.165, 1.54) is 16.2 Å². The van der Waals surface area contributed by atoms with Crippen LogP contribution in [0.4, 0.5) is 21.3 Å². The number of nitrogens with zero attached hydrogens (tertiary/aromatic N) is 8. The first-order valence-corrected chi connectivity index (χ1v) is 14.7. The zero-order valence-corrected chi connectivity index (χ0v) is 23.1. The van der Waals surface area contributed by atoms with Crippen LogP contribution in [0, 0.1) is 22.7 Å². The smallest absolute Gasteiger partial charge is 0.323 e. The van der Waals surface area contributed by atoms with Crippen LogP contribution in [0.3, 0.4) is 0 Å². The lowest BCUT2D eigenvalue weighted by Gasteiger charge is -2.47. The summed E-state index contributed by atoms with van der Waals surface area (Å²) in [4.78, 5) is 21.3. The van der Waals surface area contributed by atoms with Crippen LogP contribution in [0.25, 0.3) is 0 Å². The van der Waals surface area contributed by atoms with Gasteiger partial charge in [-0.25, -0.2) is 4.39 Å². The molecule has 0 bridgehead atoms. The van der Waals surface area contributed by atoms with Crippen LogP contribution in [-0.2, 0) is 10.5 Å². The second-order valence-corrected chi connectivity index (χ2v) is 13.3. The molecule has 0 aromatic carbocycles. The number of nitrogen functional groups attached to an aromatic ring is 1. The van der Waals surface area contributed by atoms with Crippen LogP contribution in [0.2, 0.25) is 0 Å². The summed E-state index contributed by atoms with van der Waals surface area (Å²) in [5.41, 5.74) is 7.49. The molecule has 200 valence electrons. The number of hydrogen-bond donors (Lipinski definition) is 1. The summed E-state index contributed by atoms with van der Waals surface area (Å²) in [6.07, 6.45) is 1.89. The zero-order chi connectivity index (χ0) is 26.7. The molecule has 2 aromatic rings. The first kappa shape index (κ1) is 25.4. The molecule has 0 radical (unpaired) electrons. The highest BCUT2D eigenvalue weighted by atomic mass is 32.2. The largest absolute Gasteiger partial charge is 0.461 e. The predicted octanol–water partition coefficient (Wildman–Crippen LogP) is 3.04. The van der Waals surface area contributed by atoms with Gasteiger partial charge < -0.3 is 20.3 Å². The van der Waals surface area contributed by atoms with Crippen molar-refractivity contribution in [2.45, 2.75) is 60.9 Å². The number of thioether (sulfide) groups is 1. The lowest BCUT2D eigenvalue weighted by Crippen LogP contribution is -2.57. The second kappa shape index (κ2) is 9.40. The summed E-state index contributed by atoms with van der Waals surface area (Å²) in [7, 11) is 1.86. The van der Waals surface area contributed by atoms with E-state index in [1.807, 2.05) is 30.6 Å². The minimum absolute atomic E-state index is 0.100. The molecule has 38 heavy (non-hydrogen) atoms. The fourth-order valence-electron chi connectivity index (χ4n) is 6.24. The van der Waals surface area contributed by atoms with E-state index >= 15 is 0 Å². The average Bonchev–Trinajstić information content (AvgIpc) is 3.59.